The lowest BCUT2D eigenvalue weighted by Crippen LogP contribution is -2.24. The maximum absolute atomic E-state index is 11.0. The SMILES string of the molecule is COC(=O)[C@@H](O)Cc1cccc(OC)c1. The summed E-state index contributed by atoms with van der Waals surface area (Å²) < 4.78 is 9.45. The summed E-state index contributed by atoms with van der Waals surface area (Å²) in [7, 11) is 2.81. The number of methoxy groups -OCH3 is 2. The van der Waals surface area contributed by atoms with Crippen LogP contribution in [0, 0.1) is 0 Å². The van der Waals surface area contributed by atoms with E-state index in [-0.39, 0.29) is 6.42 Å². The molecule has 1 aromatic rings. The molecule has 0 saturated carbocycles. The van der Waals surface area contributed by atoms with Crippen LogP contribution in [0.5, 0.6) is 5.75 Å². The highest BCUT2D eigenvalue weighted by Crippen LogP contribution is 2.14. The van der Waals surface area contributed by atoms with Crippen LogP contribution in [0.4, 0.5) is 0 Å². The van der Waals surface area contributed by atoms with Gasteiger partial charge < -0.3 is 14.6 Å². The van der Waals surface area contributed by atoms with Gasteiger partial charge in [-0.25, -0.2) is 4.79 Å². The van der Waals surface area contributed by atoms with Crippen molar-refractivity contribution in [3.63, 3.8) is 0 Å². The smallest absolute Gasteiger partial charge is 0.335 e. The first-order valence-electron chi connectivity index (χ1n) is 4.56. The van der Waals surface area contributed by atoms with Crippen molar-refractivity contribution >= 4 is 5.97 Å². The summed E-state index contributed by atoms with van der Waals surface area (Å²) >= 11 is 0. The summed E-state index contributed by atoms with van der Waals surface area (Å²) in [5, 5.41) is 9.42. The van der Waals surface area contributed by atoms with Gasteiger partial charge in [-0.3, -0.25) is 0 Å². The van der Waals surface area contributed by atoms with Crippen LogP contribution in [-0.4, -0.2) is 31.4 Å². The van der Waals surface area contributed by atoms with Crippen molar-refractivity contribution in [3.05, 3.63) is 29.8 Å². The average Bonchev–Trinajstić information content (AvgIpc) is 2.28. The molecule has 1 rings (SSSR count). The van der Waals surface area contributed by atoms with E-state index in [1.54, 1.807) is 25.3 Å². The molecule has 4 nitrogen and oxygen atoms in total. The maximum atomic E-state index is 11.0. The number of aliphatic hydroxyl groups excluding tert-OH is 1. The number of aliphatic hydroxyl groups is 1. The molecule has 0 unspecified atom stereocenters. The van der Waals surface area contributed by atoms with E-state index in [0.29, 0.717) is 5.75 Å². The van der Waals surface area contributed by atoms with E-state index in [4.69, 9.17) is 4.74 Å². The zero-order valence-electron chi connectivity index (χ0n) is 8.77. The highest BCUT2D eigenvalue weighted by atomic mass is 16.5. The Labute approximate surface area is 88.4 Å². The molecule has 0 aromatic heterocycles. The average molecular weight is 210 g/mol. The highest BCUT2D eigenvalue weighted by Gasteiger charge is 2.15. The van der Waals surface area contributed by atoms with Crippen LogP contribution in [0.15, 0.2) is 24.3 Å². The molecule has 1 N–H and O–H groups in total. The molecule has 0 fully saturated rings. The molecular formula is C11H14O4. The molecule has 82 valence electrons. The zero-order valence-corrected chi connectivity index (χ0v) is 8.77. The van der Waals surface area contributed by atoms with E-state index in [9.17, 15) is 9.90 Å². The Bertz CT molecular complexity index is 335. The molecular weight excluding hydrogens is 196 g/mol. The van der Waals surface area contributed by atoms with Crippen LogP contribution in [0.3, 0.4) is 0 Å². The van der Waals surface area contributed by atoms with Crippen LogP contribution in [0.25, 0.3) is 0 Å². The van der Waals surface area contributed by atoms with E-state index < -0.39 is 12.1 Å². The summed E-state index contributed by atoms with van der Waals surface area (Å²) in [5.41, 5.74) is 0.826. The Balaban J connectivity index is 2.67. The number of benzene rings is 1. The number of hydrogen-bond donors (Lipinski definition) is 1. The number of ether oxygens (including phenoxy) is 2. The number of rotatable bonds is 4. The molecule has 0 saturated heterocycles. The summed E-state index contributed by atoms with van der Waals surface area (Å²) in [6.45, 7) is 0. The van der Waals surface area contributed by atoms with E-state index in [2.05, 4.69) is 4.74 Å². The van der Waals surface area contributed by atoms with Gasteiger partial charge in [0.05, 0.1) is 14.2 Å². The van der Waals surface area contributed by atoms with Crippen molar-refractivity contribution in [2.75, 3.05) is 14.2 Å². The zero-order chi connectivity index (χ0) is 11.3. The van der Waals surface area contributed by atoms with Crippen molar-refractivity contribution in [2.45, 2.75) is 12.5 Å². The Kier molecular flexibility index (Phi) is 4.12. The largest absolute Gasteiger partial charge is 0.497 e. The van der Waals surface area contributed by atoms with Crippen molar-refractivity contribution in [1.29, 1.82) is 0 Å². The predicted octanol–water partition coefficient (Wildman–Crippen LogP) is 0.772. The molecule has 0 radical (unpaired) electrons. The quantitative estimate of drug-likeness (QED) is 0.746. The third kappa shape index (κ3) is 3.25. The first kappa shape index (κ1) is 11.5. The van der Waals surface area contributed by atoms with Crippen molar-refractivity contribution < 1.29 is 19.4 Å². The van der Waals surface area contributed by atoms with Crippen LogP contribution in [0.2, 0.25) is 0 Å². The lowest BCUT2D eigenvalue weighted by atomic mass is 10.1. The van der Waals surface area contributed by atoms with Gasteiger partial charge in [-0.1, -0.05) is 12.1 Å². The Hall–Kier alpha value is -1.55. The van der Waals surface area contributed by atoms with Gasteiger partial charge in [0.2, 0.25) is 0 Å². The van der Waals surface area contributed by atoms with E-state index >= 15 is 0 Å². The van der Waals surface area contributed by atoms with Gasteiger partial charge in [-0.2, -0.15) is 0 Å². The lowest BCUT2D eigenvalue weighted by Gasteiger charge is -2.08. The standard InChI is InChI=1S/C11H14O4/c1-14-9-5-3-4-8(6-9)7-10(12)11(13)15-2/h3-6,10,12H,7H2,1-2H3/t10-/m0/s1. The van der Waals surface area contributed by atoms with Gasteiger partial charge >= 0.3 is 5.97 Å². The van der Waals surface area contributed by atoms with E-state index in [1.807, 2.05) is 6.07 Å². The van der Waals surface area contributed by atoms with Crippen LogP contribution < -0.4 is 4.74 Å². The number of carbonyl (C=O) groups is 1. The van der Waals surface area contributed by atoms with Crippen LogP contribution >= 0.6 is 0 Å². The molecule has 0 amide bonds. The van der Waals surface area contributed by atoms with Crippen LogP contribution in [-0.2, 0) is 16.0 Å². The molecule has 15 heavy (non-hydrogen) atoms. The van der Waals surface area contributed by atoms with Crippen molar-refractivity contribution in [2.24, 2.45) is 0 Å². The monoisotopic (exact) mass is 210 g/mol. The number of esters is 1. The minimum absolute atomic E-state index is 0.226. The number of carbonyl (C=O) groups excluding carboxylic acids is 1. The van der Waals surface area contributed by atoms with E-state index in [1.165, 1.54) is 7.11 Å². The van der Waals surface area contributed by atoms with Crippen molar-refractivity contribution in [1.82, 2.24) is 0 Å². The summed E-state index contributed by atoms with van der Waals surface area (Å²) in [6, 6.07) is 7.19. The lowest BCUT2D eigenvalue weighted by molar-refractivity contribution is -0.150. The maximum Gasteiger partial charge on any atom is 0.335 e. The minimum Gasteiger partial charge on any atom is -0.497 e. The Morgan fingerprint density at radius 1 is 1.47 bits per heavy atom. The van der Waals surface area contributed by atoms with Gasteiger partial charge in [-0.15, -0.1) is 0 Å². The fourth-order valence-corrected chi connectivity index (χ4v) is 1.24. The van der Waals surface area contributed by atoms with Crippen LogP contribution in [0.1, 0.15) is 5.56 Å². The second-order valence-corrected chi connectivity index (χ2v) is 3.09. The van der Waals surface area contributed by atoms with Gasteiger partial charge in [0, 0.05) is 6.42 Å². The molecule has 1 atom stereocenters. The van der Waals surface area contributed by atoms with E-state index in [0.717, 1.165) is 5.56 Å². The summed E-state index contributed by atoms with van der Waals surface area (Å²) in [6.07, 6.45) is -0.897. The first-order chi connectivity index (χ1) is 7.17. The summed E-state index contributed by atoms with van der Waals surface area (Å²) in [5.74, 6) is 0.0717. The fourth-order valence-electron chi connectivity index (χ4n) is 1.24. The molecule has 0 spiro atoms. The van der Waals surface area contributed by atoms with Gasteiger partial charge in [0.25, 0.3) is 0 Å². The second-order valence-electron chi connectivity index (χ2n) is 3.09. The topological polar surface area (TPSA) is 55.8 Å². The molecule has 0 aliphatic rings. The fraction of sp³-hybridized carbons (Fsp3) is 0.364. The van der Waals surface area contributed by atoms with Gasteiger partial charge in [0.15, 0.2) is 6.10 Å². The molecule has 0 heterocycles. The Morgan fingerprint density at radius 2 is 2.20 bits per heavy atom. The van der Waals surface area contributed by atoms with Gasteiger partial charge in [-0.05, 0) is 17.7 Å². The molecule has 4 heteroatoms. The minimum atomic E-state index is -1.12. The first-order valence-corrected chi connectivity index (χ1v) is 4.56. The number of hydrogen-bond acceptors (Lipinski definition) is 4. The third-order valence-corrected chi connectivity index (χ3v) is 2.04. The Morgan fingerprint density at radius 3 is 2.80 bits per heavy atom. The third-order valence-electron chi connectivity index (χ3n) is 2.04. The summed E-state index contributed by atoms with van der Waals surface area (Å²) in [4.78, 5) is 11.0. The molecule has 0 bridgehead atoms. The van der Waals surface area contributed by atoms with Crippen molar-refractivity contribution in [3.8, 4) is 5.75 Å². The normalized spacial score (nSPS) is 11.9. The second kappa shape index (κ2) is 5.36. The molecule has 0 aliphatic carbocycles. The molecule has 1 aromatic carbocycles. The van der Waals surface area contributed by atoms with Gasteiger partial charge in [0.1, 0.15) is 5.75 Å². The predicted molar refractivity (Wildman–Crippen MR) is 54.7 cm³/mol. The highest BCUT2D eigenvalue weighted by molar-refractivity contribution is 5.74. The molecule has 0 aliphatic heterocycles.